The molecule has 0 radical (unpaired) electrons. The van der Waals surface area contributed by atoms with Crippen LogP contribution in [0.1, 0.15) is 45.4 Å². The van der Waals surface area contributed by atoms with Gasteiger partial charge in [-0.2, -0.15) is 0 Å². The van der Waals surface area contributed by atoms with Gasteiger partial charge in [0.2, 0.25) is 10.0 Å². The third-order valence-electron chi connectivity index (χ3n) is 4.20. The summed E-state index contributed by atoms with van der Waals surface area (Å²) in [5.41, 5.74) is -0.248. The summed E-state index contributed by atoms with van der Waals surface area (Å²) in [5, 5.41) is 2.97. The van der Waals surface area contributed by atoms with Gasteiger partial charge in [-0.1, -0.05) is 6.92 Å². The Bertz CT molecular complexity index is 684. The fourth-order valence-corrected chi connectivity index (χ4v) is 5.19. The van der Waals surface area contributed by atoms with Gasteiger partial charge < -0.3 is 10.2 Å². The fraction of sp³-hybridized carbons (Fsp3) is 0.706. The number of hydrogen-bond acceptors (Lipinski definition) is 4. The first-order valence-corrected chi connectivity index (χ1v) is 11.1. The maximum Gasteiger partial charge on any atom is 0.317 e. The molecule has 25 heavy (non-hydrogen) atoms. The minimum absolute atomic E-state index is 0.0442. The number of carbonyl (C=O) groups excluding carboxylic acids is 1. The highest BCUT2D eigenvalue weighted by molar-refractivity contribution is 7.91. The van der Waals surface area contributed by atoms with E-state index in [0.29, 0.717) is 23.8 Å². The molecule has 2 rings (SSSR count). The Morgan fingerprint density at radius 2 is 1.92 bits per heavy atom. The lowest BCUT2D eigenvalue weighted by atomic mass is 9.97. The summed E-state index contributed by atoms with van der Waals surface area (Å²) < 4.78 is 27.8. The molecule has 142 valence electrons. The fourth-order valence-electron chi connectivity index (χ4n) is 2.73. The van der Waals surface area contributed by atoms with E-state index in [2.05, 4.69) is 10.0 Å². The predicted octanol–water partition coefficient (Wildman–Crippen LogP) is 2.81. The Labute approximate surface area is 155 Å². The lowest BCUT2D eigenvalue weighted by Gasteiger charge is -2.34. The summed E-state index contributed by atoms with van der Waals surface area (Å²) in [7, 11) is -3.43. The minimum Gasteiger partial charge on any atom is -0.333 e. The molecule has 0 aromatic carbocycles. The van der Waals surface area contributed by atoms with Crippen molar-refractivity contribution in [1.82, 2.24) is 14.9 Å². The molecule has 2 N–H and O–H groups in total. The van der Waals surface area contributed by atoms with Crippen molar-refractivity contribution >= 4 is 27.4 Å². The van der Waals surface area contributed by atoms with Gasteiger partial charge in [0.25, 0.3) is 0 Å². The second-order valence-electron chi connectivity index (χ2n) is 7.54. The van der Waals surface area contributed by atoms with Gasteiger partial charge in [0, 0.05) is 30.1 Å². The molecule has 6 nitrogen and oxygen atoms in total. The van der Waals surface area contributed by atoms with Gasteiger partial charge in [-0.05, 0) is 58.1 Å². The third kappa shape index (κ3) is 5.97. The molecule has 0 aliphatic carbocycles. The van der Waals surface area contributed by atoms with Crippen molar-refractivity contribution in [2.75, 3.05) is 19.6 Å². The van der Waals surface area contributed by atoms with Crippen LogP contribution in [0.2, 0.25) is 0 Å². The van der Waals surface area contributed by atoms with Crippen molar-refractivity contribution in [2.24, 2.45) is 5.92 Å². The molecule has 0 saturated carbocycles. The topological polar surface area (TPSA) is 78.5 Å². The second kappa shape index (κ2) is 8.05. The Hall–Kier alpha value is -1.12. The van der Waals surface area contributed by atoms with Crippen LogP contribution in [0, 0.1) is 5.92 Å². The zero-order valence-electron chi connectivity index (χ0n) is 15.5. The summed E-state index contributed by atoms with van der Waals surface area (Å²) >= 11 is 1.32. The van der Waals surface area contributed by atoms with E-state index >= 15 is 0 Å². The lowest BCUT2D eigenvalue weighted by Crippen LogP contribution is -2.51. The van der Waals surface area contributed by atoms with E-state index in [-0.39, 0.29) is 17.5 Å². The number of nitrogens with one attached hydrogen (secondary N) is 2. The van der Waals surface area contributed by atoms with E-state index in [1.165, 1.54) is 11.3 Å². The van der Waals surface area contributed by atoms with Crippen LogP contribution in [0.4, 0.5) is 4.79 Å². The van der Waals surface area contributed by atoms with Crippen LogP contribution in [0.15, 0.2) is 16.3 Å². The largest absolute Gasteiger partial charge is 0.333 e. The molecule has 2 heterocycles. The number of rotatable bonds is 5. The van der Waals surface area contributed by atoms with Gasteiger partial charge in [-0.25, -0.2) is 17.9 Å². The Morgan fingerprint density at radius 1 is 1.28 bits per heavy atom. The molecular weight excluding hydrogens is 358 g/mol. The number of likely N-dealkylation sites (tertiary alicyclic amines) is 1. The zero-order valence-corrected chi connectivity index (χ0v) is 17.1. The SMILES string of the molecule is CCc1ccc(S(=O)(=O)NCC2CCN(C(=O)NC(C)(C)C)CC2)s1. The highest BCUT2D eigenvalue weighted by atomic mass is 32.2. The number of thiophene rings is 1. The smallest absolute Gasteiger partial charge is 0.317 e. The van der Waals surface area contributed by atoms with Crippen molar-refractivity contribution in [3.8, 4) is 0 Å². The standard InChI is InChI=1S/C17H29N3O3S2/c1-5-14-6-7-15(24-14)25(22,23)18-12-13-8-10-20(11-9-13)16(21)19-17(2,3)4/h6-7,13,18H,5,8-12H2,1-4H3,(H,19,21). The number of sulfonamides is 1. The van der Waals surface area contributed by atoms with Crippen molar-refractivity contribution < 1.29 is 13.2 Å². The molecule has 1 fully saturated rings. The van der Waals surface area contributed by atoms with Crippen LogP contribution in [0.5, 0.6) is 0 Å². The van der Waals surface area contributed by atoms with Gasteiger partial charge in [-0.15, -0.1) is 11.3 Å². The molecular formula is C17H29N3O3S2. The van der Waals surface area contributed by atoms with Crippen LogP contribution < -0.4 is 10.0 Å². The number of piperidine rings is 1. The molecule has 1 aliphatic heterocycles. The van der Waals surface area contributed by atoms with E-state index < -0.39 is 10.0 Å². The quantitative estimate of drug-likeness (QED) is 0.815. The van der Waals surface area contributed by atoms with E-state index in [0.717, 1.165) is 24.1 Å². The third-order valence-corrected chi connectivity index (χ3v) is 7.34. The van der Waals surface area contributed by atoms with E-state index in [1.54, 1.807) is 6.07 Å². The summed E-state index contributed by atoms with van der Waals surface area (Å²) in [6, 6.07) is 3.49. The summed E-state index contributed by atoms with van der Waals surface area (Å²) in [6.07, 6.45) is 2.46. The summed E-state index contributed by atoms with van der Waals surface area (Å²) in [6.45, 7) is 9.64. The second-order valence-corrected chi connectivity index (χ2v) is 10.7. The van der Waals surface area contributed by atoms with Crippen LogP contribution in [0.3, 0.4) is 0 Å². The highest BCUT2D eigenvalue weighted by Gasteiger charge is 2.26. The molecule has 8 heteroatoms. The molecule has 0 bridgehead atoms. The van der Waals surface area contributed by atoms with Gasteiger partial charge >= 0.3 is 6.03 Å². The number of carbonyl (C=O) groups is 1. The van der Waals surface area contributed by atoms with Crippen LogP contribution in [-0.4, -0.2) is 44.5 Å². The summed E-state index contributed by atoms with van der Waals surface area (Å²) in [5.74, 6) is 0.263. The Balaban J connectivity index is 1.81. The summed E-state index contributed by atoms with van der Waals surface area (Å²) in [4.78, 5) is 15.0. The maximum absolute atomic E-state index is 12.4. The average Bonchev–Trinajstić information content (AvgIpc) is 3.02. The molecule has 1 saturated heterocycles. The molecule has 0 atom stereocenters. The van der Waals surface area contributed by atoms with Gasteiger partial charge in [0.05, 0.1) is 0 Å². The number of aryl methyl sites for hydroxylation is 1. The predicted molar refractivity (Wildman–Crippen MR) is 101 cm³/mol. The van der Waals surface area contributed by atoms with Crippen molar-refractivity contribution in [3.05, 3.63) is 17.0 Å². The van der Waals surface area contributed by atoms with E-state index in [4.69, 9.17) is 0 Å². The Kier molecular flexibility index (Phi) is 6.51. The van der Waals surface area contributed by atoms with Crippen LogP contribution in [0.25, 0.3) is 0 Å². The molecule has 0 unspecified atom stereocenters. The molecule has 1 aliphatic rings. The number of nitrogens with zero attached hydrogens (tertiary/aromatic N) is 1. The van der Waals surface area contributed by atoms with Gasteiger partial charge in [0.1, 0.15) is 4.21 Å². The first-order valence-electron chi connectivity index (χ1n) is 8.76. The first kappa shape index (κ1) is 20.2. The van der Waals surface area contributed by atoms with Crippen molar-refractivity contribution in [2.45, 2.75) is 56.7 Å². The lowest BCUT2D eigenvalue weighted by molar-refractivity contribution is 0.163. The normalized spacial score (nSPS) is 16.9. The molecule has 0 spiro atoms. The zero-order chi connectivity index (χ0) is 18.7. The monoisotopic (exact) mass is 387 g/mol. The number of urea groups is 1. The van der Waals surface area contributed by atoms with Gasteiger partial charge in [-0.3, -0.25) is 0 Å². The highest BCUT2D eigenvalue weighted by Crippen LogP contribution is 2.23. The van der Waals surface area contributed by atoms with Crippen LogP contribution in [-0.2, 0) is 16.4 Å². The van der Waals surface area contributed by atoms with E-state index in [9.17, 15) is 13.2 Å². The first-order chi connectivity index (χ1) is 11.6. The number of amides is 2. The Morgan fingerprint density at radius 3 is 2.44 bits per heavy atom. The number of hydrogen-bond donors (Lipinski definition) is 2. The molecule has 2 amide bonds. The van der Waals surface area contributed by atoms with E-state index in [1.807, 2.05) is 38.7 Å². The average molecular weight is 388 g/mol. The molecule has 1 aromatic heterocycles. The molecule has 1 aromatic rings. The van der Waals surface area contributed by atoms with Crippen LogP contribution >= 0.6 is 11.3 Å². The van der Waals surface area contributed by atoms with Gasteiger partial charge in [0.15, 0.2) is 0 Å². The van der Waals surface area contributed by atoms with Crippen molar-refractivity contribution in [3.63, 3.8) is 0 Å². The maximum atomic E-state index is 12.4. The minimum atomic E-state index is -3.43. The van der Waals surface area contributed by atoms with Crippen molar-refractivity contribution in [1.29, 1.82) is 0 Å².